The molecule has 0 unspecified atom stereocenters. The summed E-state index contributed by atoms with van der Waals surface area (Å²) in [6.07, 6.45) is 0. The van der Waals surface area contributed by atoms with Crippen molar-refractivity contribution in [2.75, 3.05) is 44.4 Å². The van der Waals surface area contributed by atoms with Gasteiger partial charge in [-0.1, -0.05) is 6.07 Å². The molecule has 1 aromatic rings. The van der Waals surface area contributed by atoms with E-state index in [1.54, 1.807) is 36.9 Å². The van der Waals surface area contributed by atoms with Crippen molar-refractivity contribution < 1.29 is 28.5 Å². The normalized spacial score (nSPS) is 12.4. The summed E-state index contributed by atoms with van der Waals surface area (Å²) in [5.41, 5.74) is 0.600. The van der Waals surface area contributed by atoms with E-state index in [1.165, 1.54) is 0 Å². The molecule has 1 aromatic carbocycles. The van der Waals surface area contributed by atoms with Gasteiger partial charge in [-0.25, -0.2) is 0 Å². The lowest BCUT2D eigenvalue weighted by atomic mass is 10.2. The van der Waals surface area contributed by atoms with Gasteiger partial charge in [0.05, 0.1) is 18.9 Å². The minimum absolute atomic E-state index is 0.0769. The smallest absolute Gasteiger partial charge is 0.325 e. The third-order valence-electron chi connectivity index (χ3n) is 3.14. The van der Waals surface area contributed by atoms with Crippen molar-refractivity contribution in [1.29, 1.82) is 0 Å². The van der Waals surface area contributed by atoms with Gasteiger partial charge in [0.1, 0.15) is 26.3 Å². The second-order valence-corrected chi connectivity index (χ2v) is 4.77. The molecule has 1 aliphatic rings. The number of rotatable bonds is 7. The van der Waals surface area contributed by atoms with Crippen LogP contribution in [0.15, 0.2) is 18.2 Å². The number of ether oxygens (including phenoxy) is 4. The first kappa shape index (κ1) is 16.9. The lowest BCUT2D eigenvalue weighted by Gasteiger charge is -2.28. The fourth-order valence-electron chi connectivity index (χ4n) is 2.26. The van der Waals surface area contributed by atoms with Crippen LogP contribution in [0.4, 0.5) is 5.69 Å². The average Bonchev–Trinajstić information content (AvgIpc) is 2.54. The maximum absolute atomic E-state index is 11.8. The van der Waals surface area contributed by atoms with E-state index in [1.807, 2.05) is 0 Å². The molecular formula is C16H21NO6. The Morgan fingerprint density at radius 3 is 2.26 bits per heavy atom. The Morgan fingerprint density at radius 2 is 1.65 bits per heavy atom. The largest absolute Gasteiger partial charge is 0.486 e. The Bertz CT molecular complexity index is 540. The number of carbonyl (C=O) groups excluding carboxylic acids is 2. The first-order valence-corrected chi connectivity index (χ1v) is 7.60. The van der Waals surface area contributed by atoms with Crippen LogP contribution in [-0.2, 0) is 19.1 Å². The minimum atomic E-state index is -0.425. The molecule has 7 heteroatoms. The van der Waals surface area contributed by atoms with E-state index >= 15 is 0 Å². The Kier molecular flexibility index (Phi) is 6.08. The average molecular weight is 323 g/mol. The molecule has 23 heavy (non-hydrogen) atoms. The van der Waals surface area contributed by atoms with Gasteiger partial charge in [0, 0.05) is 0 Å². The summed E-state index contributed by atoms with van der Waals surface area (Å²) in [5.74, 6) is 0.260. The van der Waals surface area contributed by atoms with Gasteiger partial charge in [-0.3, -0.25) is 9.59 Å². The second kappa shape index (κ2) is 8.26. The predicted octanol–water partition coefficient (Wildman–Crippen LogP) is 1.39. The Hall–Kier alpha value is -2.44. The van der Waals surface area contributed by atoms with Crippen LogP contribution < -0.4 is 14.4 Å². The lowest BCUT2D eigenvalue weighted by Crippen LogP contribution is -2.37. The van der Waals surface area contributed by atoms with Gasteiger partial charge in [0.15, 0.2) is 11.5 Å². The Labute approximate surface area is 135 Å². The molecule has 1 aliphatic heterocycles. The van der Waals surface area contributed by atoms with Crippen LogP contribution in [0.1, 0.15) is 13.8 Å². The summed E-state index contributed by atoms with van der Waals surface area (Å²) < 4.78 is 21.1. The zero-order chi connectivity index (χ0) is 16.7. The molecule has 1 heterocycles. The summed E-state index contributed by atoms with van der Waals surface area (Å²) in [7, 11) is 0. The molecule has 0 aliphatic carbocycles. The zero-order valence-electron chi connectivity index (χ0n) is 13.4. The third kappa shape index (κ3) is 4.51. The van der Waals surface area contributed by atoms with E-state index < -0.39 is 11.9 Å². The standard InChI is InChI=1S/C16H21NO6/c1-3-20-14(18)10-17(11-15(19)21-4-2)12-6-5-7-13-16(12)23-9-8-22-13/h5-7H,3-4,8-11H2,1-2H3. The van der Waals surface area contributed by atoms with Gasteiger partial charge >= 0.3 is 11.9 Å². The van der Waals surface area contributed by atoms with Crippen molar-refractivity contribution in [2.45, 2.75) is 13.8 Å². The number of esters is 2. The molecule has 0 fully saturated rings. The van der Waals surface area contributed by atoms with Crippen molar-refractivity contribution in [1.82, 2.24) is 0 Å². The summed E-state index contributed by atoms with van der Waals surface area (Å²) in [6.45, 7) is 4.74. The second-order valence-electron chi connectivity index (χ2n) is 4.77. The van der Waals surface area contributed by atoms with Crippen LogP contribution in [0.3, 0.4) is 0 Å². The highest BCUT2D eigenvalue weighted by molar-refractivity contribution is 5.83. The topological polar surface area (TPSA) is 74.3 Å². The molecule has 0 radical (unpaired) electrons. The van der Waals surface area contributed by atoms with E-state index in [-0.39, 0.29) is 26.3 Å². The zero-order valence-corrected chi connectivity index (χ0v) is 13.4. The number of carbonyl (C=O) groups is 2. The molecule has 0 bridgehead atoms. The van der Waals surface area contributed by atoms with Gasteiger partial charge in [-0.2, -0.15) is 0 Å². The molecule has 0 atom stereocenters. The van der Waals surface area contributed by atoms with Crippen LogP contribution in [0.25, 0.3) is 0 Å². The van der Waals surface area contributed by atoms with Crippen LogP contribution >= 0.6 is 0 Å². The van der Waals surface area contributed by atoms with Gasteiger partial charge in [0.2, 0.25) is 0 Å². The minimum Gasteiger partial charge on any atom is -0.486 e. The van der Waals surface area contributed by atoms with Crippen molar-refractivity contribution in [3.05, 3.63) is 18.2 Å². The first-order chi connectivity index (χ1) is 11.2. The van der Waals surface area contributed by atoms with Gasteiger partial charge in [-0.05, 0) is 26.0 Å². The summed E-state index contributed by atoms with van der Waals surface area (Å²) >= 11 is 0. The molecule has 0 aromatic heterocycles. The molecule has 0 saturated carbocycles. The molecule has 126 valence electrons. The number of benzene rings is 1. The molecule has 0 spiro atoms. The van der Waals surface area contributed by atoms with Crippen molar-refractivity contribution >= 4 is 17.6 Å². The Balaban J connectivity index is 2.25. The van der Waals surface area contributed by atoms with Gasteiger partial charge in [-0.15, -0.1) is 0 Å². The van der Waals surface area contributed by atoms with E-state index in [0.29, 0.717) is 30.4 Å². The molecule has 7 nitrogen and oxygen atoms in total. The molecule has 0 amide bonds. The fraction of sp³-hybridized carbons (Fsp3) is 0.500. The van der Waals surface area contributed by atoms with E-state index in [4.69, 9.17) is 18.9 Å². The third-order valence-corrected chi connectivity index (χ3v) is 3.14. The van der Waals surface area contributed by atoms with Crippen LogP contribution in [0, 0.1) is 0 Å². The molecule has 2 rings (SSSR count). The fourth-order valence-corrected chi connectivity index (χ4v) is 2.26. The van der Waals surface area contributed by atoms with Crippen molar-refractivity contribution in [3.63, 3.8) is 0 Å². The number of para-hydroxylation sites is 1. The lowest BCUT2D eigenvalue weighted by molar-refractivity contribution is -0.142. The highest BCUT2D eigenvalue weighted by Crippen LogP contribution is 2.39. The van der Waals surface area contributed by atoms with Gasteiger partial charge < -0.3 is 23.8 Å². The molecule has 0 saturated heterocycles. The van der Waals surface area contributed by atoms with E-state index in [0.717, 1.165) is 0 Å². The summed E-state index contributed by atoms with van der Waals surface area (Å²) in [6, 6.07) is 5.34. The molecular weight excluding hydrogens is 302 g/mol. The van der Waals surface area contributed by atoms with Crippen molar-refractivity contribution in [3.8, 4) is 11.5 Å². The van der Waals surface area contributed by atoms with E-state index in [2.05, 4.69) is 0 Å². The first-order valence-electron chi connectivity index (χ1n) is 7.60. The van der Waals surface area contributed by atoms with Crippen molar-refractivity contribution in [2.24, 2.45) is 0 Å². The Morgan fingerprint density at radius 1 is 1.04 bits per heavy atom. The predicted molar refractivity (Wildman–Crippen MR) is 82.9 cm³/mol. The quantitative estimate of drug-likeness (QED) is 0.702. The number of nitrogens with zero attached hydrogens (tertiary/aromatic N) is 1. The molecule has 0 N–H and O–H groups in total. The summed E-state index contributed by atoms with van der Waals surface area (Å²) in [5, 5.41) is 0. The van der Waals surface area contributed by atoms with Crippen LogP contribution in [-0.4, -0.2) is 51.5 Å². The maximum Gasteiger partial charge on any atom is 0.325 e. The number of hydrogen-bond acceptors (Lipinski definition) is 7. The summed E-state index contributed by atoms with van der Waals surface area (Å²) in [4.78, 5) is 25.3. The van der Waals surface area contributed by atoms with Gasteiger partial charge in [0.25, 0.3) is 0 Å². The van der Waals surface area contributed by atoms with Crippen LogP contribution in [0.2, 0.25) is 0 Å². The highest BCUT2D eigenvalue weighted by Gasteiger charge is 2.24. The highest BCUT2D eigenvalue weighted by atomic mass is 16.6. The number of fused-ring (bicyclic) bond motifs is 1. The monoisotopic (exact) mass is 323 g/mol. The maximum atomic E-state index is 11.8. The van der Waals surface area contributed by atoms with Crippen LogP contribution in [0.5, 0.6) is 11.5 Å². The number of hydrogen-bond donors (Lipinski definition) is 0. The van der Waals surface area contributed by atoms with E-state index in [9.17, 15) is 9.59 Å². The number of anilines is 1. The SMILES string of the molecule is CCOC(=O)CN(CC(=O)OCC)c1cccc2c1OCCO2.